The summed E-state index contributed by atoms with van der Waals surface area (Å²) in [6.45, 7) is 2.26. The zero-order chi connectivity index (χ0) is 18.2. The fourth-order valence-electron chi connectivity index (χ4n) is 3.44. The summed E-state index contributed by atoms with van der Waals surface area (Å²) in [7, 11) is 0. The number of carboxylic acids is 1. The van der Waals surface area contributed by atoms with Crippen molar-refractivity contribution >= 4 is 5.97 Å². The summed E-state index contributed by atoms with van der Waals surface area (Å²) in [4.78, 5) is 11.4. The molecule has 2 nitrogen and oxygen atoms in total. The quantitative estimate of drug-likeness (QED) is 0.326. The molecule has 2 heteroatoms. The average molecular weight is 347 g/mol. The Morgan fingerprint density at radius 1 is 0.800 bits per heavy atom. The van der Waals surface area contributed by atoms with Crippen molar-refractivity contribution in [1.29, 1.82) is 0 Å². The van der Waals surface area contributed by atoms with E-state index in [0.717, 1.165) is 18.4 Å². The van der Waals surface area contributed by atoms with Crippen molar-refractivity contribution in [2.45, 2.75) is 96.8 Å². The fourth-order valence-corrected chi connectivity index (χ4v) is 3.44. The second-order valence-corrected chi connectivity index (χ2v) is 7.40. The molecule has 1 N–H and O–H groups in total. The summed E-state index contributed by atoms with van der Waals surface area (Å²) in [5, 5.41) is 9.41. The Labute approximate surface area is 155 Å². The maximum Gasteiger partial charge on any atom is 0.306 e. The highest BCUT2D eigenvalue weighted by atomic mass is 16.4. The SMILES string of the molecule is CCCCCCCCCCCCCCC(Cc1ccccc1)C(=O)O. The van der Waals surface area contributed by atoms with Crippen LogP contribution in [0.4, 0.5) is 0 Å². The monoisotopic (exact) mass is 346 g/mol. The van der Waals surface area contributed by atoms with E-state index in [1.807, 2.05) is 30.3 Å². The average Bonchev–Trinajstić information content (AvgIpc) is 2.62. The Balaban J connectivity index is 1.99. The minimum Gasteiger partial charge on any atom is -0.481 e. The van der Waals surface area contributed by atoms with Crippen molar-refractivity contribution in [2.24, 2.45) is 5.92 Å². The van der Waals surface area contributed by atoms with E-state index in [4.69, 9.17) is 0 Å². The minimum absolute atomic E-state index is 0.231. The number of carboxylic acid groups (broad SMARTS) is 1. The Morgan fingerprint density at radius 2 is 1.28 bits per heavy atom. The van der Waals surface area contributed by atoms with E-state index in [0.29, 0.717) is 6.42 Å². The van der Waals surface area contributed by atoms with Gasteiger partial charge in [0.15, 0.2) is 0 Å². The molecule has 0 bridgehead atoms. The first kappa shape index (κ1) is 21.7. The van der Waals surface area contributed by atoms with Crippen LogP contribution in [0.5, 0.6) is 0 Å². The first-order valence-corrected chi connectivity index (χ1v) is 10.5. The van der Waals surface area contributed by atoms with Crippen LogP contribution in [0.15, 0.2) is 30.3 Å². The van der Waals surface area contributed by atoms with E-state index in [2.05, 4.69) is 6.92 Å². The molecule has 0 amide bonds. The molecule has 142 valence electrons. The molecule has 1 rings (SSSR count). The first-order valence-electron chi connectivity index (χ1n) is 10.5. The molecular formula is C23H38O2. The topological polar surface area (TPSA) is 37.3 Å². The molecular weight excluding hydrogens is 308 g/mol. The van der Waals surface area contributed by atoms with E-state index >= 15 is 0 Å². The van der Waals surface area contributed by atoms with Crippen LogP contribution in [0.2, 0.25) is 0 Å². The van der Waals surface area contributed by atoms with Gasteiger partial charge in [-0.05, 0) is 18.4 Å². The summed E-state index contributed by atoms with van der Waals surface area (Å²) < 4.78 is 0. The van der Waals surface area contributed by atoms with Gasteiger partial charge < -0.3 is 5.11 Å². The fraction of sp³-hybridized carbons (Fsp3) is 0.696. The molecule has 0 heterocycles. The normalized spacial score (nSPS) is 12.2. The van der Waals surface area contributed by atoms with Gasteiger partial charge in [0, 0.05) is 0 Å². The third-order valence-electron chi connectivity index (χ3n) is 5.08. The maximum atomic E-state index is 11.4. The molecule has 1 unspecified atom stereocenters. The summed E-state index contributed by atoms with van der Waals surface area (Å²) in [6, 6.07) is 10.00. The second-order valence-electron chi connectivity index (χ2n) is 7.40. The van der Waals surface area contributed by atoms with Crippen LogP contribution < -0.4 is 0 Å². The van der Waals surface area contributed by atoms with Crippen molar-refractivity contribution in [2.75, 3.05) is 0 Å². The highest BCUT2D eigenvalue weighted by Crippen LogP contribution is 2.18. The predicted molar refractivity (Wildman–Crippen MR) is 107 cm³/mol. The third-order valence-corrected chi connectivity index (χ3v) is 5.08. The van der Waals surface area contributed by atoms with Gasteiger partial charge in [0.2, 0.25) is 0 Å². The van der Waals surface area contributed by atoms with Gasteiger partial charge in [-0.3, -0.25) is 4.79 Å². The smallest absolute Gasteiger partial charge is 0.306 e. The van der Waals surface area contributed by atoms with E-state index in [-0.39, 0.29) is 5.92 Å². The lowest BCUT2D eigenvalue weighted by Crippen LogP contribution is -2.16. The standard InChI is InChI=1S/C23H38O2/c1-2-3-4-5-6-7-8-9-10-11-12-16-19-22(23(24)25)20-21-17-14-13-15-18-21/h13-15,17-18,22H,2-12,16,19-20H2,1H3,(H,24,25). The number of benzene rings is 1. The largest absolute Gasteiger partial charge is 0.481 e. The van der Waals surface area contributed by atoms with E-state index in [1.165, 1.54) is 70.6 Å². The molecule has 0 aliphatic rings. The van der Waals surface area contributed by atoms with Gasteiger partial charge in [-0.2, -0.15) is 0 Å². The molecule has 0 fully saturated rings. The Kier molecular flexibility index (Phi) is 13.0. The van der Waals surface area contributed by atoms with Crippen LogP contribution in [-0.2, 0) is 11.2 Å². The van der Waals surface area contributed by atoms with Crippen molar-refractivity contribution in [3.63, 3.8) is 0 Å². The van der Waals surface area contributed by atoms with Crippen LogP contribution in [0.3, 0.4) is 0 Å². The number of hydrogen-bond acceptors (Lipinski definition) is 1. The molecule has 0 spiro atoms. The van der Waals surface area contributed by atoms with Gasteiger partial charge in [0.25, 0.3) is 0 Å². The summed E-state index contributed by atoms with van der Waals surface area (Å²) >= 11 is 0. The Hall–Kier alpha value is -1.31. The van der Waals surface area contributed by atoms with Crippen molar-refractivity contribution < 1.29 is 9.90 Å². The molecule has 0 aliphatic heterocycles. The van der Waals surface area contributed by atoms with Crippen molar-refractivity contribution in [3.8, 4) is 0 Å². The van der Waals surface area contributed by atoms with Crippen molar-refractivity contribution in [3.05, 3.63) is 35.9 Å². The number of carbonyl (C=O) groups is 1. The highest BCUT2D eigenvalue weighted by Gasteiger charge is 2.17. The number of rotatable bonds is 16. The van der Waals surface area contributed by atoms with Crippen LogP contribution >= 0.6 is 0 Å². The minimum atomic E-state index is -0.646. The number of unbranched alkanes of at least 4 members (excludes halogenated alkanes) is 11. The first-order chi connectivity index (χ1) is 12.2. The lowest BCUT2D eigenvalue weighted by Gasteiger charge is -2.12. The van der Waals surface area contributed by atoms with Gasteiger partial charge >= 0.3 is 5.97 Å². The molecule has 0 saturated carbocycles. The lowest BCUT2D eigenvalue weighted by molar-refractivity contribution is -0.142. The van der Waals surface area contributed by atoms with Gasteiger partial charge in [-0.15, -0.1) is 0 Å². The zero-order valence-corrected chi connectivity index (χ0v) is 16.2. The predicted octanol–water partition coefficient (Wildman–Crippen LogP) is 7.02. The zero-order valence-electron chi connectivity index (χ0n) is 16.2. The molecule has 0 saturated heterocycles. The summed E-state index contributed by atoms with van der Waals surface area (Å²) in [5.74, 6) is -0.877. The van der Waals surface area contributed by atoms with E-state index in [1.54, 1.807) is 0 Å². The van der Waals surface area contributed by atoms with E-state index < -0.39 is 5.97 Å². The maximum absolute atomic E-state index is 11.4. The lowest BCUT2D eigenvalue weighted by atomic mass is 9.93. The molecule has 1 atom stereocenters. The third kappa shape index (κ3) is 11.8. The van der Waals surface area contributed by atoms with Crippen molar-refractivity contribution in [1.82, 2.24) is 0 Å². The summed E-state index contributed by atoms with van der Waals surface area (Å²) in [6.07, 6.45) is 17.3. The molecule has 1 aromatic carbocycles. The molecule has 0 radical (unpaired) electrons. The van der Waals surface area contributed by atoms with Crippen LogP contribution in [0, 0.1) is 5.92 Å². The van der Waals surface area contributed by atoms with Crippen LogP contribution in [-0.4, -0.2) is 11.1 Å². The highest BCUT2D eigenvalue weighted by molar-refractivity contribution is 5.70. The molecule has 0 aliphatic carbocycles. The van der Waals surface area contributed by atoms with Gasteiger partial charge in [0.05, 0.1) is 5.92 Å². The van der Waals surface area contributed by atoms with Gasteiger partial charge in [0.1, 0.15) is 0 Å². The number of aliphatic carboxylic acids is 1. The van der Waals surface area contributed by atoms with Gasteiger partial charge in [-0.1, -0.05) is 114 Å². The Bertz CT molecular complexity index is 427. The molecule has 1 aromatic rings. The Morgan fingerprint density at radius 3 is 1.76 bits per heavy atom. The van der Waals surface area contributed by atoms with Crippen LogP contribution in [0.25, 0.3) is 0 Å². The summed E-state index contributed by atoms with van der Waals surface area (Å²) in [5.41, 5.74) is 1.13. The van der Waals surface area contributed by atoms with Gasteiger partial charge in [-0.25, -0.2) is 0 Å². The second kappa shape index (κ2) is 15.0. The van der Waals surface area contributed by atoms with Crippen LogP contribution in [0.1, 0.15) is 96.0 Å². The van der Waals surface area contributed by atoms with E-state index in [9.17, 15) is 9.90 Å². The molecule has 0 aromatic heterocycles. The molecule has 25 heavy (non-hydrogen) atoms. The number of hydrogen-bond donors (Lipinski definition) is 1.